The molecule has 0 heterocycles. The lowest BCUT2D eigenvalue weighted by molar-refractivity contribution is -0.131. The first-order valence-corrected chi connectivity index (χ1v) is 7.18. The van der Waals surface area contributed by atoms with Crippen LogP contribution < -0.4 is 5.32 Å². The summed E-state index contributed by atoms with van der Waals surface area (Å²) in [6.07, 6.45) is 3.46. The van der Waals surface area contributed by atoms with Gasteiger partial charge < -0.3 is 10.4 Å². The predicted octanol–water partition coefficient (Wildman–Crippen LogP) is 3.26. The third-order valence-corrected chi connectivity index (χ3v) is 3.59. The van der Waals surface area contributed by atoms with Crippen LogP contribution in [-0.2, 0) is 4.79 Å². The number of amides is 1. The molecule has 114 valence electrons. The Hall–Kier alpha value is -2.10. The largest absolute Gasteiger partial charge is 0.478 e. The molecule has 1 amide bonds. The smallest absolute Gasteiger partial charge is 0.328 e. The Kier molecular flexibility index (Phi) is 6.15. The lowest BCUT2D eigenvalue weighted by Gasteiger charge is -2.21. The highest BCUT2D eigenvalue weighted by Crippen LogP contribution is 2.16. The second-order valence-electron chi connectivity index (χ2n) is 5.42. The van der Waals surface area contributed by atoms with Gasteiger partial charge in [-0.25, -0.2) is 4.79 Å². The molecule has 1 aromatic rings. The van der Waals surface area contributed by atoms with Crippen LogP contribution >= 0.6 is 0 Å². The van der Waals surface area contributed by atoms with E-state index in [0.29, 0.717) is 11.5 Å². The monoisotopic (exact) mass is 289 g/mol. The Morgan fingerprint density at radius 3 is 2.52 bits per heavy atom. The van der Waals surface area contributed by atoms with Crippen molar-refractivity contribution in [3.63, 3.8) is 0 Å². The molecule has 0 saturated heterocycles. The average molecular weight is 289 g/mol. The Labute approximate surface area is 125 Å². The van der Waals surface area contributed by atoms with Gasteiger partial charge in [0, 0.05) is 17.7 Å². The maximum atomic E-state index is 12.4. The Morgan fingerprint density at radius 1 is 1.33 bits per heavy atom. The number of nitrogens with one attached hydrogen (secondary N) is 1. The molecule has 0 aliphatic heterocycles. The number of aliphatic carboxylic acids is 1. The van der Waals surface area contributed by atoms with Crippen LogP contribution in [-0.4, -0.2) is 23.0 Å². The predicted molar refractivity (Wildman–Crippen MR) is 84.2 cm³/mol. The number of hydrogen-bond acceptors (Lipinski definition) is 2. The van der Waals surface area contributed by atoms with Crippen LogP contribution in [0.2, 0.25) is 0 Å². The van der Waals surface area contributed by atoms with E-state index < -0.39 is 5.97 Å². The van der Waals surface area contributed by atoms with E-state index in [2.05, 4.69) is 19.2 Å². The van der Waals surface area contributed by atoms with Gasteiger partial charge in [-0.15, -0.1) is 0 Å². The molecule has 1 atom stereocenters. The molecule has 0 spiro atoms. The van der Waals surface area contributed by atoms with E-state index in [1.54, 1.807) is 18.2 Å². The second kappa shape index (κ2) is 7.62. The van der Waals surface area contributed by atoms with Gasteiger partial charge >= 0.3 is 5.97 Å². The number of hydrogen-bond donors (Lipinski definition) is 2. The van der Waals surface area contributed by atoms with Crippen LogP contribution in [0.3, 0.4) is 0 Å². The van der Waals surface area contributed by atoms with E-state index >= 15 is 0 Å². The van der Waals surface area contributed by atoms with Crippen LogP contribution in [0.1, 0.15) is 48.7 Å². The van der Waals surface area contributed by atoms with Crippen LogP contribution in [0.15, 0.2) is 24.3 Å². The standard InChI is InChI=1S/C17H23NO3/c1-5-15(11(2)3)18-17(21)14-8-6-7-13(12(14)4)9-10-16(19)20/h6-11,15H,5H2,1-4H3,(H,18,21)(H,19,20). The Balaban J connectivity index is 3.00. The quantitative estimate of drug-likeness (QED) is 0.790. The van der Waals surface area contributed by atoms with Crippen LogP contribution in [0.25, 0.3) is 6.08 Å². The molecule has 0 saturated carbocycles. The summed E-state index contributed by atoms with van der Waals surface area (Å²) < 4.78 is 0. The summed E-state index contributed by atoms with van der Waals surface area (Å²) in [5.41, 5.74) is 2.11. The van der Waals surface area contributed by atoms with Crippen molar-refractivity contribution < 1.29 is 14.7 Å². The van der Waals surface area contributed by atoms with Crippen LogP contribution in [0.4, 0.5) is 0 Å². The number of rotatable bonds is 6. The van der Waals surface area contributed by atoms with Gasteiger partial charge in [0.05, 0.1) is 0 Å². The number of carbonyl (C=O) groups excluding carboxylic acids is 1. The first-order valence-electron chi connectivity index (χ1n) is 7.18. The number of carboxylic acids is 1. The van der Waals surface area contributed by atoms with Gasteiger partial charge in [-0.1, -0.05) is 32.9 Å². The van der Waals surface area contributed by atoms with Crippen LogP contribution in [0, 0.1) is 12.8 Å². The van der Waals surface area contributed by atoms with E-state index in [-0.39, 0.29) is 11.9 Å². The van der Waals surface area contributed by atoms with E-state index in [9.17, 15) is 9.59 Å². The third-order valence-electron chi connectivity index (χ3n) is 3.59. The van der Waals surface area contributed by atoms with Gasteiger partial charge in [-0.05, 0) is 42.5 Å². The normalized spacial score (nSPS) is 12.6. The summed E-state index contributed by atoms with van der Waals surface area (Å²) in [7, 11) is 0. The summed E-state index contributed by atoms with van der Waals surface area (Å²) in [4.78, 5) is 23.0. The SMILES string of the molecule is CCC(NC(=O)c1cccc(C=CC(=O)O)c1C)C(C)C. The highest BCUT2D eigenvalue weighted by molar-refractivity contribution is 5.97. The summed E-state index contributed by atoms with van der Waals surface area (Å²) in [5, 5.41) is 11.7. The molecule has 0 aliphatic rings. The molecule has 1 rings (SSSR count). The average Bonchev–Trinajstić information content (AvgIpc) is 2.42. The number of benzene rings is 1. The molecular formula is C17H23NO3. The van der Waals surface area contributed by atoms with Crippen molar-refractivity contribution in [3.05, 3.63) is 41.0 Å². The molecule has 0 bridgehead atoms. The molecule has 0 aliphatic carbocycles. The molecule has 0 radical (unpaired) electrons. The first kappa shape index (κ1) is 17.0. The van der Waals surface area contributed by atoms with Crippen molar-refractivity contribution in [2.24, 2.45) is 5.92 Å². The fourth-order valence-corrected chi connectivity index (χ4v) is 2.23. The lowest BCUT2D eigenvalue weighted by atomic mass is 9.98. The fourth-order valence-electron chi connectivity index (χ4n) is 2.23. The molecule has 4 nitrogen and oxygen atoms in total. The third kappa shape index (κ3) is 4.74. The van der Waals surface area contributed by atoms with E-state index in [1.165, 1.54) is 6.08 Å². The van der Waals surface area contributed by atoms with Gasteiger partial charge in [-0.3, -0.25) is 4.79 Å². The van der Waals surface area contributed by atoms with Crippen molar-refractivity contribution in [3.8, 4) is 0 Å². The summed E-state index contributed by atoms with van der Waals surface area (Å²) in [5.74, 6) is -0.747. The molecule has 1 unspecified atom stereocenters. The maximum Gasteiger partial charge on any atom is 0.328 e. The van der Waals surface area contributed by atoms with Gasteiger partial charge in [0.1, 0.15) is 0 Å². The van der Waals surface area contributed by atoms with Crippen molar-refractivity contribution in [1.82, 2.24) is 5.32 Å². The topological polar surface area (TPSA) is 66.4 Å². The summed E-state index contributed by atoms with van der Waals surface area (Å²) in [6.45, 7) is 8.03. The van der Waals surface area contributed by atoms with E-state index in [4.69, 9.17) is 5.11 Å². The summed E-state index contributed by atoms with van der Waals surface area (Å²) in [6, 6.07) is 5.45. The molecule has 1 aromatic carbocycles. The van der Waals surface area contributed by atoms with Crippen molar-refractivity contribution in [2.45, 2.75) is 40.2 Å². The zero-order valence-corrected chi connectivity index (χ0v) is 13.0. The Morgan fingerprint density at radius 2 is 2.00 bits per heavy atom. The fraction of sp³-hybridized carbons (Fsp3) is 0.412. The molecule has 2 N–H and O–H groups in total. The maximum absolute atomic E-state index is 12.4. The minimum atomic E-state index is -1.00. The van der Waals surface area contributed by atoms with Crippen molar-refractivity contribution >= 4 is 18.0 Å². The second-order valence-corrected chi connectivity index (χ2v) is 5.42. The molecule has 21 heavy (non-hydrogen) atoms. The summed E-state index contributed by atoms with van der Waals surface area (Å²) >= 11 is 0. The lowest BCUT2D eigenvalue weighted by Crippen LogP contribution is -2.38. The van der Waals surface area contributed by atoms with Gasteiger partial charge in [0.2, 0.25) is 0 Å². The zero-order chi connectivity index (χ0) is 16.0. The number of carbonyl (C=O) groups is 2. The Bertz CT molecular complexity index is 547. The minimum Gasteiger partial charge on any atom is -0.478 e. The number of carboxylic acid groups (broad SMARTS) is 1. The molecule has 0 fully saturated rings. The molecule has 4 heteroatoms. The van der Waals surface area contributed by atoms with Crippen LogP contribution in [0.5, 0.6) is 0 Å². The van der Waals surface area contributed by atoms with Crippen molar-refractivity contribution in [1.29, 1.82) is 0 Å². The minimum absolute atomic E-state index is 0.112. The molecular weight excluding hydrogens is 266 g/mol. The van der Waals surface area contributed by atoms with Gasteiger partial charge in [0.15, 0.2) is 0 Å². The molecule has 0 aromatic heterocycles. The van der Waals surface area contributed by atoms with E-state index in [0.717, 1.165) is 23.6 Å². The van der Waals surface area contributed by atoms with E-state index in [1.807, 2.05) is 13.8 Å². The first-order chi connectivity index (χ1) is 9.86. The van der Waals surface area contributed by atoms with Gasteiger partial charge in [0.25, 0.3) is 5.91 Å². The highest BCUT2D eigenvalue weighted by Gasteiger charge is 2.17. The van der Waals surface area contributed by atoms with Gasteiger partial charge in [-0.2, -0.15) is 0 Å². The van der Waals surface area contributed by atoms with Crippen molar-refractivity contribution in [2.75, 3.05) is 0 Å². The zero-order valence-electron chi connectivity index (χ0n) is 13.0. The highest BCUT2D eigenvalue weighted by atomic mass is 16.4.